The second-order valence-electron chi connectivity index (χ2n) is 8.36. The summed E-state index contributed by atoms with van der Waals surface area (Å²) in [6, 6.07) is 10.2. The molecule has 9 heteroatoms. The Bertz CT molecular complexity index is 1210. The lowest BCUT2D eigenvalue weighted by Crippen LogP contribution is -2.37. The van der Waals surface area contributed by atoms with Gasteiger partial charge in [0.2, 0.25) is 0 Å². The molecule has 2 aliphatic rings. The topological polar surface area (TPSA) is 125 Å². The molecule has 0 unspecified atom stereocenters. The molecule has 1 aromatic carbocycles. The van der Waals surface area contributed by atoms with E-state index in [0.717, 1.165) is 53.0 Å². The molecular formula is C23H26N8O. The third-order valence-corrected chi connectivity index (χ3v) is 6.39. The maximum absolute atomic E-state index is 9.36. The molecule has 3 aromatic rings. The Balaban J connectivity index is 1.54. The standard InChI is InChI=1S/C23H26N8O/c1-13-14(8-24)4-3-5-17(13)22(25)28-23-18-7-21(31-11-16-6-15(31)12-32-16)27-9-19(18)20(10-26-2)29-30-23/h3-5,7,9,15-16,22,26H,6,10-12,25H2,1-2H3,(H,28,30)/t15-,16-,22+/m1/s1. The van der Waals surface area contributed by atoms with Gasteiger partial charge in [0.25, 0.3) is 0 Å². The summed E-state index contributed by atoms with van der Waals surface area (Å²) < 4.78 is 5.75. The number of morpholine rings is 1. The first kappa shape index (κ1) is 20.6. The molecule has 2 aromatic heterocycles. The van der Waals surface area contributed by atoms with Gasteiger partial charge < -0.3 is 26.0 Å². The van der Waals surface area contributed by atoms with Gasteiger partial charge in [-0.05, 0) is 43.7 Å². The summed E-state index contributed by atoms with van der Waals surface area (Å²) in [6.07, 6.45) is 2.67. The minimum Gasteiger partial charge on any atom is -0.374 e. The Morgan fingerprint density at radius 1 is 1.34 bits per heavy atom. The number of fused-ring (bicyclic) bond motifs is 3. The summed E-state index contributed by atoms with van der Waals surface area (Å²) in [5, 5.41) is 26.5. The third kappa shape index (κ3) is 3.52. The van der Waals surface area contributed by atoms with Gasteiger partial charge in [0, 0.05) is 30.1 Å². The van der Waals surface area contributed by atoms with Gasteiger partial charge in [-0.25, -0.2) is 4.98 Å². The lowest BCUT2D eigenvalue weighted by molar-refractivity contribution is 0.0989. The Hall–Kier alpha value is -3.32. The number of hydrogen-bond acceptors (Lipinski definition) is 9. The molecule has 0 spiro atoms. The van der Waals surface area contributed by atoms with Gasteiger partial charge in [0.15, 0.2) is 5.82 Å². The van der Waals surface area contributed by atoms with Crippen LogP contribution in [-0.4, -0.2) is 47.5 Å². The Kier molecular flexibility index (Phi) is 5.35. The van der Waals surface area contributed by atoms with Crippen molar-refractivity contribution >= 4 is 22.4 Å². The van der Waals surface area contributed by atoms with Crippen molar-refractivity contribution in [3.8, 4) is 6.07 Å². The van der Waals surface area contributed by atoms with Crippen LogP contribution in [0.5, 0.6) is 0 Å². The van der Waals surface area contributed by atoms with E-state index in [1.807, 2.05) is 32.3 Å². The minimum absolute atomic E-state index is 0.286. The van der Waals surface area contributed by atoms with Crippen molar-refractivity contribution in [2.75, 3.05) is 30.4 Å². The summed E-state index contributed by atoms with van der Waals surface area (Å²) in [7, 11) is 1.88. The molecule has 4 heterocycles. The fraction of sp³-hybridized carbons (Fsp3) is 0.391. The molecule has 0 saturated carbocycles. The monoisotopic (exact) mass is 430 g/mol. The van der Waals surface area contributed by atoms with E-state index in [1.165, 1.54) is 0 Å². The van der Waals surface area contributed by atoms with Gasteiger partial charge >= 0.3 is 0 Å². The van der Waals surface area contributed by atoms with Crippen molar-refractivity contribution in [1.29, 1.82) is 5.26 Å². The van der Waals surface area contributed by atoms with Crippen molar-refractivity contribution in [1.82, 2.24) is 20.5 Å². The SMILES string of the molecule is CNCc1nnc(N[C@H](N)c2cccc(C#N)c2C)c2cc(N3C[C@H]4C[C@@H]3CO4)ncc12. The highest BCUT2D eigenvalue weighted by molar-refractivity contribution is 5.94. The van der Waals surface area contributed by atoms with E-state index >= 15 is 0 Å². The first-order chi connectivity index (χ1) is 15.6. The second kappa shape index (κ2) is 8.31. The molecule has 0 amide bonds. The highest BCUT2D eigenvalue weighted by Crippen LogP contribution is 2.34. The molecule has 0 aliphatic carbocycles. The average Bonchev–Trinajstić information content (AvgIpc) is 3.44. The number of hydrogen-bond donors (Lipinski definition) is 3. The van der Waals surface area contributed by atoms with Crippen LogP contribution in [0.4, 0.5) is 11.6 Å². The molecule has 4 N–H and O–H groups in total. The third-order valence-electron chi connectivity index (χ3n) is 6.39. The summed E-state index contributed by atoms with van der Waals surface area (Å²) >= 11 is 0. The largest absolute Gasteiger partial charge is 0.374 e. The molecule has 32 heavy (non-hydrogen) atoms. The fourth-order valence-corrected chi connectivity index (χ4v) is 4.67. The van der Waals surface area contributed by atoms with Crippen LogP contribution in [0.1, 0.15) is 35.0 Å². The lowest BCUT2D eigenvalue weighted by Gasteiger charge is -2.28. The van der Waals surface area contributed by atoms with Gasteiger partial charge in [-0.3, -0.25) is 0 Å². The van der Waals surface area contributed by atoms with Crippen molar-refractivity contribution in [3.05, 3.63) is 52.8 Å². The number of nitrogens with two attached hydrogens (primary N) is 1. The van der Waals surface area contributed by atoms with Crippen molar-refractivity contribution in [3.63, 3.8) is 0 Å². The van der Waals surface area contributed by atoms with Crippen molar-refractivity contribution in [2.45, 2.75) is 38.2 Å². The van der Waals surface area contributed by atoms with E-state index in [4.69, 9.17) is 15.5 Å². The number of rotatable bonds is 6. The highest BCUT2D eigenvalue weighted by atomic mass is 16.5. The number of pyridine rings is 1. The highest BCUT2D eigenvalue weighted by Gasteiger charge is 2.39. The summed E-state index contributed by atoms with van der Waals surface area (Å²) in [5.41, 5.74) is 9.65. The van der Waals surface area contributed by atoms with Gasteiger partial charge in [-0.1, -0.05) is 12.1 Å². The lowest BCUT2D eigenvalue weighted by atomic mass is 10.0. The summed E-state index contributed by atoms with van der Waals surface area (Å²) in [5.74, 6) is 1.51. The molecule has 9 nitrogen and oxygen atoms in total. The molecule has 2 bridgehead atoms. The Morgan fingerprint density at radius 3 is 2.94 bits per heavy atom. The van der Waals surface area contributed by atoms with Crippen LogP contribution in [0, 0.1) is 18.3 Å². The van der Waals surface area contributed by atoms with Crippen LogP contribution < -0.4 is 21.3 Å². The van der Waals surface area contributed by atoms with E-state index in [1.54, 1.807) is 6.07 Å². The molecular weight excluding hydrogens is 404 g/mol. The van der Waals surface area contributed by atoms with Gasteiger partial charge in [-0.2, -0.15) is 10.4 Å². The average molecular weight is 431 g/mol. The summed E-state index contributed by atoms with van der Waals surface area (Å²) in [6.45, 7) is 4.09. The number of ether oxygens (including phenoxy) is 1. The van der Waals surface area contributed by atoms with Crippen molar-refractivity contribution < 1.29 is 4.74 Å². The van der Waals surface area contributed by atoms with E-state index < -0.39 is 6.17 Å². The maximum atomic E-state index is 9.36. The first-order valence-electron chi connectivity index (χ1n) is 10.8. The second-order valence-corrected chi connectivity index (χ2v) is 8.36. The fourth-order valence-electron chi connectivity index (χ4n) is 4.67. The van der Waals surface area contributed by atoms with E-state index in [-0.39, 0.29) is 6.10 Å². The number of nitriles is 1. The molecule has 164 valence electrons. The summed E-state index contributed by atoms with van der Waals surface area (Å²) in [4.78, 5) is 7.06. The minimum atomic E-state index is -0.538. The number of benzene rings is 1. The number of nitrogens with one attached hydrogen (secondary N) is 2. The number of anilines is 2. The first-order valence-corrected chi connectivity index (χ1v) is 10.8. The predicted molar refractivity (Wildman–Crippen MR) is 122 cm³/mol. The molecule has 3 atom stereocenters. The van der Waals surface area contributed by atoms with Crippen LogP contribution in [-0.2, 0) is 11.3 Å². The Morgan fingerprint density at radius 2 is 2.22 bits per heavy atom. The van der Waals surface area contributed by atoms with Crippen molar-refractivity contribution in [2.24, 2.45) is 5.73 Å². The molecule has 0 radical (unpaired) electrons. The quantitative estimate of drug-likeness (QED) is 0.503. The predicted octanol–water partition coefficient (Wildman–Crippen LogP) is 1.97. The number of nitrogens with zero attached hydrogens (tertiary/aromatic N) is 5. The zero-order valence-electron chi connectivity index (χ0n) is 18.2. The van der Waals surface area contributed by atoms with Gasteiger partial charge in [0.1, 0.15) is 12.0 Å². The van der Waals surface area contributed by atoms with E-state index in [0.29, 0.717) is 24.0 Å². The van der Waals surface area contributed by atoms with E-state index in [9.17, 15) is 5.26 Å². The van der Waals surface area contributed by atoms with Gasteiger partial charge in [0.05, 0.1) is 36.1 Å². The van der Waals surface area contributed by atoms with Crippen LogP contribution in [0.2, 0.25) is 0 Å². The van der Waals surface area contributed by atoms with Crippen LogP contribution in [0.15, 0.2) is 30.5 Å². The molecule has 2 fully saturated rings. The molecule has 2 saturated heterocycles. The Labute approximate surface area is 186 Å². The molecule has 5 rings (SSSR count). The van der Waals surface area contributed by atoms with Crippen LogP contribution in [0.25, 0.3) is 10.8 Å². The maximum Gasteiger partial charge on any atom is 0.158 e. The normalized spacial score (nSPS) is 20.5. The van der Waals surface area contributed by atoms with E-state index in [2.05, 4.69) is 37.9 Å². The van der Waals surface area contributed by atoms with Crippen LogP contribution >= 0.6 is 0 Å². The van der Waals surface area contributed by atoms with Gasteiger partial charge in [-0.15, -0.1) is 5.10 Å². The zero-order valence-corrected chi connectivity index (χ0v) is 18.2. The smallest absolute Gasteiger partial charge is 0.158 e. The zero-order chi connectivity index (χ0) is 22.2. The number of aromatic nitrogens is 3. The van der Waals surface area contributed by atoms with Crippen LogP contribution in [0.3, 0.4) is 0 Å². The molecule has 2 aliphatic heterocycles.